The minimum Gasteiger partial charge on any atom is -0.344 e. The molecule has 1 saturated heterocycles. The Bertz CT molecular complexity index is 1090. The van der Waals surface area contributed by atoms with E-state index in [2.05, 4.69) is 45.3 Å². The molecule has 32 heavy (non-hydrogen) atoms. The molecule has 0 saturated carbocycles. The number of aromatic nitrogens is 3. The molecule has 1 aliphatic heterocycles. The maximum absolute atomic E-state index is 12.9. The second-order valence-corrected chi connectivity index (χ2v) is 8.83. The van der Waals surface area contributed by atoms with Crippen molar-refractivity contribution >= 4 is 18.1 Å². The minimum absolute atomic E-state index is 0.0236. The highest BCUT2D eigenvalue weighted by Gasteiger charge is 2.24. The molecule has 3 N–H and O–H groups in total. The SMILES string of the molecule is Cc1ccc(-c2n[nH]c(=S)n2CC(=O)N(C)CCCC2CC(c3ccccc3)NN2)cc1. The molecule has 7 nitrogen and oxygen atoms in total. The Labute approximate surface area is 193 Å². The number of aromatic amines is 1. The number of carbonyl (C=O) groups excluding carboxylic acids is 1. The van der Waals surface area contributed by atoms with Crippen LogP contribution in [0.5, 0.6) is 0 Å². The van der Waals surface area contributed by atoms with Crippen LogP contribution < -0.4 is 10.9 Å². The molecule has 2 aromatic carbocycles. The molecule has 0 radical (unpaired) electrons. The molecule has 2 atom stereocenters. The second kappa shape index (κ2) is 10.2. The van der Waals surface area contributed by atoms with Crippen molar-refractivity contribution in [3.8, 4) is 11.4 Å². The lowest BCUT2D eigenvalue weighted by molar-refractivity contribution is -0.130. The molecule has 3 aromatic rings. The zero-order valence-corrected chi connectivity index (χ0v) is 19.4. The van der Waals surface area contributed by atoms with Crippen LogP contribution in [0.3, 0.4) is 0 Å². The van der Waals surface area contributed by atoms with E-state index in [4.69, 9.17) is 12.2 Å². The van der Waals surface area contributed by atoms with Gasteiger partial charge in [-0.3, -0.25) is 25.3 Å². The average molecular weight is 451 g/mol. The summed E-state index contributed by atoms with van der Waals surface area (Å²) >= 11 is 5.37. The van der Waals surface area contributed by atoms with E-state index in [0.29, 0.717) is 29.2 Å². The van der Waals surface area contributed by atoms with Crippen molar-refractivity contribution in [1.82, 2.24) is 30.5 Å². The Balaban J connectivity index is 1.28. The molecule has 4 rings (SSSR count). The highest BCUT2D eigenvalue weighted by molar-refractivity contribution is 7.71. The lowest BCUT2D eigenvalue weighted by Gasteiger charge is -2.19. The Morgan fingerprint density at radius 1 is 1.16 bits per heavy atom. The number of likely N-dealkylation sites (N-methyl/N-ethyl adjacent to an activating group) is 1. The molecular formula is C24H30N6OS. The lowest BCUT2D eigenvalue weighted by Crippen LogP contribution is -2.33. The van der Waals surface area contributed by atoms with E-state index in [1.807, 2.05) is 44.3 Å². The van der Waals surface area contributed by atoms with Crippen molar-refractivity contribution in [2.24, 2.45) is 0 Å². The first-order chi connectivity index (χ1) is 15.5. The zero-order valence-electron chi connectivity index (χ0n) is 18.5. The molecule has 0 spiro atoms. The van der Waals surface area contributed by atoms with Crippen molar-refractivity contribution in [2.45, 2.75) is 44.8 Å². The molecular weight excluding hydrogens is 420 g/mol. The predicted molar refractivity (Wildman–Crippen MR) is 128 cm³/mol. The molecule has 1 amide bonds. The number of amides is 1. The van der Waals surface area contributed by atoms with Crippen LogP contribution in [0.15, 0.2) is 54.6 Å². The van der Waals surface area contributed by atoms with Crippen LogP contribution in [0.1, 0.15) is 36.4 Å². The normalized spacial score (nSPS) is 18.1. The van der Waals surface area contributed by atoms with Crippen LogP contribution in [0, 0.1) is 11.7 Å². The molecule has 8 heteroatoms. The maximum atomic E-state index is 12.9. The van der Waals surface area contributed by atoms with Gasteiger partial charge in [-0.25, -0.2) is 0 Å². The summed E-state index contributed by atoms with van der Waals surface area (Å²) in [6.45, 7) is 2.92. The minimum atomic E-state index is 0.0236. The molecule has 1 fully saturated rings. The lowest BCUT2D eigenvalue weighted by atomic mass is 10.00. The summed E-state index contributed by atoms with van der Waals surface area (Å²) in [5, 5.41) is 7.16. The van der Waals surface area contributed by atoms with Gasteiger partial charge in [-0.15, -0.1) is 0 Å². The zero-order chi connectivity index (χ0) is 22.5. The number of H-pyrrole nitrogens is 1. The number of hydrogen-bond acceptors (Lipinski definition) is 5. The van der Waals surface area contributed by atoms with Gasteiger partial charge < -0.3 is 4.90 Å². The van der Waals surface area contributed by atoms with Crippen LogP contribution in [-0.2, 0) is 11.3 Å². The molecule has 2 unspecified atom stereocenters. The summed E-state index contributed by atoms with van der Waals surface area (Å²) in [4.78, 5) is 14.6. The van der Waals surface area contributed by atoms with Crippen LogP contribution in [0.2, 0.25) is 0 Å². The number of carbonyl (C=O) groups is 1. The number of hydrazine groups is 1. The number of nitrogens with zero attached hydrogens (tertiary/aromatic N) is 3. The fourth-order valence-electron chi connectivity index (χ4n) is 4.06. The van der Waals surface area contributed by atoms with Gasteiger partial charge in [0, 0.05) is 31.2 Å². The largest absolute Gasteiger partial charge is 0.344 e. The summed E-state index contributed by atoms with van der Waals surface area (Å²) in [5.74, 6) is 0.709. The van der Waals surface area contributed by atoms with E-state index in [9.17, 15) is 4.79 Å². The third kappa shape index (κ3) is 5.32. The van der Waals surface area contributed by atoms with Gasteiger partial charge in [-0.05, 0) is 44.0 Å². The first-order valence-electron chi connectivity index (χ1n) is 11.0. The Morgan fingerprint density at radius 3 is 2.66 bits per heavy atom. The monoisotopic (exact) mass is 450 g/mol. The van der Waals surface area contributed by atoms with E-state index in [1.165, 1.54) is 11.1 Å². The fraction of sp³-hybridized carbons (Fsp3) is 0.375. The fourth-order valence-corrected chi connectivity index (χ4v) is 4.26. The quantitative estimate of drug-likeness (QED) is 0.456. The number of rotatable bonds is 8. The summed E-state index contributed by atoms with van der Waals surface area (Å²) in [6.07, 6.45) is 2.99. The first-order valence-corrected chi connectivity index (χ1v) is 11.4. The topological polar surface area (TPSA) is 78.0 Å². The van der Waals surface area contributed by atoms with Crippen molar-refractivity contribution in [1.29, 1.82) is 0 Å². The Kier molecular flexibility index (Phi) is 7.14. The molecule has 168 valence electrons. The summed E-state index contributed by atoms with van der Waals surface area (Å²) in [6, 6.07) is 19.3. The Morgan fingerprint density at radius 2 is 1.91 bits per heavy atom. The van der Waals surface area contributed by atoms with Crippen molar-refractivity contribution < 1.29 is 4.79 Å². The highest BCUT2D eigenvalue weighted by atomic mass is 32.1. The number of aryl methyl sites for hydroxylation is 1. The predicted octanol–water partition coefficient (Wildman–Crippen LogP) is 3.76. The number of hydrogen-bond donors (Lipinski definition) is 3. The van der Waals surface area contributed by atoms with Gasteiger partial charge >= 0.3 is 0 Å². The van der Waals surface area contributed by atoms with Gasteiger partial charge in [-0.2, -0.15) is 5.10 Å². The van der Waals surface area contributed by atoms with E-state index < -0.39 is 0 Å². The smallest absolute Gasteiger partial charge is 0.242 e. The number of benzene rings is 2. The first kappa shape index (κ1) is 22.4. The van der Waals surface area contributed by atoms with E-state index >= 15 is 0 Å². The maximum Gasteiger partial charge on any atom is 0.242 e. The Hall–Kier alpha value is -2.81. The van der Waals surface area contributed by atoms with Crippen LogP contribution in [0.4, 0.5) is 0 Å². The third-order valence-corrected chi connectivity index (χ3v) is 6.33. The molecule has 1 aliphatic rings. The van der Waals surface area contributed by atoms with Gasteiger partial charge in [0.25, 0.3) is 0 Å². The highest BCUT2D eigenvalue weighted by Crippen LogP contribution is 2.24. The molecule has 0 bridgehead atoms. The van der Waals surface area contributed by atoms with E-state index in [1.54, 1.807) is 9.47 Å². The van der Waals surface area contributed by atoms with Crippen molar-refractivity contribution in [3.05, 3.63) is 70.5 Å². The average Bonchev–Trinajstić information content (AvgIpc) is 3.42. The number of nitrogens with one attached hydrogen (secondary N) is 3. The molecule has 0 aliphatic carbocycles. The van der Waals surface area contributed by atoms with Crippen molar-refractivity contribution in [2.75, 3.05) is 13.6 Å². The standard InChI is InChI=1S/C24H30N6OS/c1-17-10-12-19(13-11-17)23-27-28-24(32)30(23)16-22(31)29(2)14-6-9-20-15-21(26-25-20)18-7-4-3-5-8-18/h3-5,7-8,10-13,20-21,25-26H,6,9,14-16H2,1-2H3,(H,28,32). The van der Waals surface area contributed by atoms with Crippen LogP contribution in [-0.4, -0.2) is 45.2 Å². The van der Waals surface area contributed by atoms with Gasteiger partial charge in [0.2, 0.25) is 5.91 Å². The summed E-state index contributed by atoms with van der Waals surface area (Å²) in [5.41, 5.74) is 10.2. The van der Waals surface area contributed by atoms with Crippen molar-refractivity contribution in [3.63, 3.8) is 0 Å². The second-order valence-electron chi connectivity index (χ2n) is 8.45. The van der Waals surface area contributed by atoms with Gasteiger partial charge in [0.05, 0.1) is 0 Å². The summed E-state index contributed by atoms with van der Waals surface area (Å²) < 4.78 is 2.22. The summed E-state index contributed by atoms with van der Waals surface area (Å²) in [7, 11) is 1.85. The van der Waals surface area contributed by atoms with Crippen LogP contribution >= 0.6 is 12.2 Å². The third-order valence-electron chi connectivity index (χ3n) is 6.02. The molecule has 1 aromatic heterocycles. The van der Waals surface area contributed by atoms with Gasteiger partial charge in [-0.1, -0.05) is 60.2 Å². The van der Waals surface area contributed by atoms with Gasteiger partial charge in [0.1, 0.15) is 6.54 Å². The van der Waals surface area contributed by atoms with Gasteiger partial charge in [0.15, 0.2) is 10.6 Å². The van der Waals surface area contributed by atoms with E-state index in [-0.39, 0.29) is 12.5 Å². The van der Waals surface area contributed by atoms with Crippen LogP contribution in [0.25, 0.3) is 11.4 Å². The van der Waals surface area contributed by atoms with E-state index in [0.717, 1.165) is 24.8 Å². The molecule has 2 heterocycles.